The maximum atomic E-state index is 6.24. The Morgan fingerprint density at radius 1 is 1.38 bits per heavy atom. The van der Waals surface area contributed by atoms with Gasteiger partial charge >= 0.3 is 0 Å². The summed E-state index contributed by atoms with van der Waals surface area (Å²) in [6.45, 7) is 6.92. The Hall–Kier alpha value is -1.40. The molecule has 5 nitrogen and oxygen atoms in total. The van der Waals surface area contributed by atoms with Crippen LogP contribution in [0.15, 0.2) is 11.4 Å². The van der Waals surface area contributed by atoms with Crippen LogP contribution >= 0.6 is 11.3 Å². The molecule has 1 aliphatic rings. The zero-order valence-corrected chi connectivity index (χ0v) is 13.5. The van der Waals surface area contributed by atoms with Crippen LogP contribution in [0, 0.1) is 11.3 Å². The molecule has 114 valence electrons. The predicted octanol–water partition coefficient (Wildman–Crippen LogP) is 3.57. The summed E-state index contributed by atoms with van der Waals surface area (Å²) < 4.78 is 6.24. The highest BCUT2D eigenvalue weighted by Gasteiger charge is 2.33. The molecule has 0 spiro atoms. The SMILES string of the molecule is CC1CC(Oc2nc(NN)nc3sccc23)CC(C)(C)C1. The van der Waals surface area contributed by atoms with E-state index in [0.29, 0.717) is 23.2 Å². The number of nitrogen functional groups attached to an aromatic ring is 1. The minimum absolute atomic E-state index is 0.201. The summed E-state index contributed by atoms with van der Waals surface area (Å²) in [4.78, 5) is 9.64. The molecule has 0 aromatic carbocycles. The lowest BCUT2D eigenvalue weighted by molar-refractivity contribution is 0.0544. The van der Waals surface area contributed by atoms with Gasteiger partial charge in [0.15, 0.2) is 0 Å². The van der Waals surface area contributed by atoms with E-state index in [1.54, 1.807) is 11.3 Å². The molecule has 2 atom stereocenters. The molecule has 3 rings (SSSR count). The quantitative estimate of drug-likeness (QED) is 0.670. The van der Waals surface area contributed by atoms with Crippen LogP contribution in [-0.2, 0) is 0 Å². The van der Waals surface area contributed by atoms with Crippen molar-refractivity contribution in [2.45, 2.75) is 46.1 Å². The number of ether oxygens (including phenoxy) is 1. The van der Waals surface area contributed by atoms with E-state index >= 15 is 0 Å². The van der Waals surface area contributed by atoms with E-state index in [-0.39, 0.29) is 6.10 Å². The van der Waals surface area contributed by atoms with E-state index in [4.69, 9.17) is 10.6 Å². The zero-order valence-electron chi connectivity index (χ0n) is 12.7. The third-order valence-electron chi connectivity index (χ3n) is 4.04. The molecule has 1 fully saturated rings. The number of nitrogens with one attached hydrogen (secondary N) is 1. The molecular formula is C15H22N4OS. The van der Waals surface area contributed by atoms with Crippen LogP contribution in [0.1, 0.15) is 40.0 Å². The van der Waals surface area contributed by atoms with Gasteiger partial charge in [-0.25, -0.2) is 10.8 Å². The van der Waals surface area contributed by atoms with E-state index in [2.05, 4.69) is 36.2 Å². The number of hydrazine groups is 1. The highest BCUT2D eigenvalue weighted by molar-refractivity contribution is 7.16. The second-order valence-electron chi connectivity index (χ2n) is 6.79. The van der Waals surface area contributed by atoms with Crippen LogP contribution in [0.4, 0.5) is 5.95 Å². The fourth-order valence-electron chi connectivity index (χ4n) is 3.49. The molecule has 6 heteroatoms. The first kappa shape index (κ1) is 14.5. The van der Waals surface area contributed by atoms with Crippen molar-refractivity contribution in [3.8, 4) is 5.88 Å². The first-order valence-corrected chi connectivity index (χ1v) is 8.23. The molecule has 0 amide bonds. The molecular weight excluding hydrogens is 284 g/mol. The lowest BCUT2D eigenvalue weighted by Crippen LogP contribution is -2.34. The molecule has 1 aliphatic carbocycles. The van der Waals surface area contributed by atoms with Gasteiger partial charge in [-0.2, -0.15) is 4.98 Å². The highest BCUT2D eigenvalue weighted by Crippen LogP contribution is 2.40. The van der Waals surface area contributed by atoms with E-state index < -0.39 is 0 Å². The van der Waals surface area contributed by atoms with E-state index in [9.17, 15) is 0 Å². The molecule has 0 radical (unpaired) electrons. The Balaban J connectivity index is 1.88. The maximum Gasteiger partial charge on any atom is 0.241 e. The third kappa shape index (κ3) is 3.11. The van der Waals surface area contributed by atoms with Gasteiger partial charge in [-0.1, -0.05) is 20.8 Å². The van der Waals surface area contributed by atoms with Crippen molar-refractivity contribution in [3.63, 3.8) is 0 Å². The van der Waals surface area contributed by atoms with Gasteiger partial charge in [-0.3, -0.25) is 5.43 Å². The standard InChI is InChI=1S/C15H22N4OS/c1-9-6-10(8-15(2,3)7-9)20-12-11-4-5-21-13(11)18-14(17-12)19-16/h4-5,9-10H,6-8,16H2,1-3H3,(H,17,18,19). The summed E-state index contributed by atoms with van der Waals surface area (Å²) >= 11 is 1.57. The third-order valence-corrected chi connectivity index (χ3v) is 4.85. The fraction of sp³-hybridized carbons (Fsp3) is 0.600. The van der Waals surface area contributed by atoms with Crippen molar-refractivity contribution in [1.29, 1.82) is 0 Å². The average molecular weight is 306 g/mol. The summed E-state index contributed by atoms with van der Waals surface area (Å²) in [5.74, 6) is 7.17. The van der Waals surface area contributed by atoms with Crippen molar-refractivity contribution < 1.29 is 4.74 Å². The Morgan fingerprint density at radius 3 is 2.90 bits per heavy atom. The van der Waals surface area contributed by atoms with Gasteiger partial charge in [0, 0.05) is 0 Å². The summed E-state index contributed by atoms with van der Waals surface area (Å²) in [6, 6.07) is 2.01. The number of nitrogens with zero attached hydrogens (tertiary/aromatic N) is 2. The molecule has 21 heavy (non-hydrogen) atoms. The molecule has 0 aliphatic heterocycles. The predicted molar refractivity (Wildman–Crippen MR) is 86.4 cm³/mol. The molecule has 2 aromatic rings. The van der Waals surface area contributed by atoms with Gasteiger partial charge in [0.1, 0.15) is 10.9 Å². The van der Waals surface area contributed by atoms with Gasteiger partial charge in [-0.15, -0.1) is 11.3 Å². The fourth-order valence-corrected chi connectivity index (χ4v) is 4.24. The molecule has 1 saturated carbocycles. The van der Waals surface area contributed by atoms with E-state index in [0.717, 1.165) is 23.1 Å². The Labute approximate surface area is 128 Å². The smallest absolute Gasteiger partial charge is 0.241 e. The number of thiophene rings is 1. The Kier molecular flexibility index (Phi) is 3.75. The van der Waals surface area contributed by atoms with Crippen molar-refractivity contribution in [2.75, 3.05) is 5.43 Å². The number of hydrogen-bond acceptors (Lipinski definition) is 6. The maximum absolute atomic E-state index is 6.24. The van der Waals surface area contributed by atoms with E-state index in [1.807, 2.05) is 11.4 Å². The van der Waals surface area contributed by atoms with E-state index in [1.165, 1.54) is 6.42 Å². The van der Waals surface area contributed by atoms with Crippen molar-refractivity contribution >= 4 is 27.5 Å². The van der Waals surface area contributed by atoms with Crippen LogP contribution in [0.5, 0.6) is 5.88 Å². The number of aromatic nitrogens is 2. The topological polar surface area (TPSA) is 73.1 Å². The minimum Gasteiger partial charge on any atom is -0.474 e. The number of hydrogen-bond donors (Lipinski definition) is 2. The van der Waals surface area contributed by atoms with Crippen molar-refractivity contribution in [1.82, 2.24) is 9.97 Å². The van der Waals surface area contributed by atoms with Crippen molar-refractivity contribution in [3.05, 3.63) is 11.4 Å². The molecule has 2 heterocycles. The summed E-state index contributed by atoms with van der Waals surface area (Å²) in [7, 11) is 0. The largest absolute Gasteiger partial charge is 0.474 e. The summed E-state index contributed by atoms with van der Waals surface area (Å²) in [6.07, 6.45) is 3.58. The number of nitrogens with two attached hydrogens (primary N) is 1. The highest BCUT2D eigenvalue weighted by atomic mass is 32.1. The molecule has 0 bridgehead atoms. The average Bonchev–Trinajstić information content (AvgIpc) is 2.84. The van der Waals surface area contributed by atoms with Gasteiger partial charge < -0.3 is 4.74 Å². The second-order valence-corrected chi connectivity index (χ2v) is 7.68. The van der Waals surface area contributed by atoms with Crippen molar-refractivity contribution in [2.24, 2.45) is 17.2 Å². The van der Waals surface area contributed by atoms with Crippen LogP contribution in [0.2, 0.25) is 0 Å². The van der Waals surface area contributed by atoms with Crippen LogP contribution in [0.25, 0.3) is 10.2 Å². The normalized spacial score (nSPS) is 25.0. The first-order chi connectivity index (χ1) is 9.97. The molecule has 2 aromatic heterocycles. The van der Waals surface area contributed by atoms with Gasteiger partial charge in [0.25, 0.3) is 0 Å². The lowest BCUT2D eigenvalue weighted by Gasteiger charge is -2.38. The van der Waals surface area contributed by atoms with Crippen LogP contribution in [-0.4, -0.2) is 16.1 Å². The van der Waals surface area contributed by atoms with Crippen LogP contribution in [0.3, 0.4) is 0 Å². The van der Waals surface area contributed by atoms with Gasteiger partial charge in [-0.05, 0) is 42.0 Å². The number of rotatable bonds is 3. The number of anilines is 1. The van der Waals surface area contributed by atoms with Crippen LogP contribution < -0.4 is 16.0 Å². The second kappa shape index (κ2) is 5.42. The Morgan fingerprint density at radius 2 is 2.19 bits per heavy atom. The molecule has 3 N–H and O–H groups in total. The summed E-state index contributed by atoms with van der Waals surface area (Å²) in [5, 5.41) is 2.97. The van der Waals surface area contributed by atoms with Gasteiger partial charge in [0.2, 0.25) is 11.8 Å². The lowest BCUT2D eigenvalue weighted by atomic mass is 9.71. The minimum atomic E-state index is 0.201. The first-order valence-electron chi connectivity index (χ1n) is 7.35. The summed E-state index contributed by atoms with van der Waals surface area (Å²) in [5.41, 5.74) is 2.83. The van der Waals surface area contributed by atoms with Gasteiger partial charge in [0.05, 0.1) is 5.39 Å². The molecule has 2 unspecified atom stereocenters. The number of fused-ring (bicyclic) bond motifs is 1. The molecule has 0 saturated heterocycles. The Bertz CT molecular complexity index is 640. The zero-order chi connectivity index (χ0) is 15.0. The monoisotopic (exact) mass is 306 g/mol.